The summed E-state index contributed by atoms with van der Waals surface area (Å²) in [6, 6.07) is 11.6. The Labute approximate surface area is 204 Å². The van der Waals surface area contributed by atoms with Crippen molar-refractivity contribution in [3.63, 3.8) is 0 Å². The van der Waals surface area contributed by atoms with Crippen LogP contribution in [-0.4, -0.2) is 41.0 Å². The van der Waals surface area contributed by atoms with Crippen LogP contribution in [0.25, 0.3) is 0 Å². The van der Waals surface area contributed by atoms with E-state index in [4.69, 9.17) is 11.6 Å². The predicted octanol–water partition coefficient (Wildman–Crippen LogP) is 3.75. The number of amides is 2. The number of benzene rings is 2. The van der Waals surface area contributed by atoms with Gasteiger partial charge in [-0.05, 0) is 46.0 Å². The molecule has 0 aliphatic rings. The lowest BCUT2D eigenvalue weighted by atomic mass is 9.75. The van der Waals surface area contributed by atoms with Crippen LogP contribution in [0.4, 0.5) is 0 Å². The average Bonchev–Trinajstić information content (AvgIpc) is 2.69. The quantitative estimate of drug-likeness (QED) is 0.271. The summed E-state index contributed by atoms with van der Waals surface area (Å²) >= 11 is 12.9. The van der Waals surface area contributed by atoms with E-state index in [2.05, 4.69) is 42.5 Å². The van der Waals surface area contributed by atoms with E-state index >= 15 is 0 Å². The van der Waals surface area contributed by atoms with Gasteiger partial charge in [-0.25, -0.2) is 0 Å². The maximum Gasteiger partial charge on any atom is 0.475 e. The standard InChI is InChI=1S/C21H24BBr2ClN2O4/c1-12(2)8-18(22(30)31)27-21(29)17(9-13-6-4-3-5-7-13)26-20(28)15-10-14(23)11-16(24)19(15)25/h3-7,10-12,17-18,30-31H,8-9H2,1-2H3,(H,26,28)(H,27,29)/t17-,18-/m0/s1. The van der Waals surface area contributed by atoms with Crippen LogP contribution in [0.1, 0.15) is 36.2 Å². The van der Waals surface area contributed by atoms with E-state index in [1.165, 1.54) is 0 Å². The van der Waals surface area contributed by atoms with Gasteiger partial charge in [-0.15, -0.1) is 0 Å². The molecule has 2 aromatic carbocycles. The van der Waals surface area contributed by atoms with Gasteiger partial charge in [0.2, 0.25) is 5.91 Å². The molecule has 0 unspecified atom stereocenters. The Bertz CT molecular complexity index is 916. The fourth-order valence-corrected chi connectivity index (χ4v) is 4.48. The second-order valence-corrected chi connectivity index (χ2v) is 9.77. The number of hydrogen-bond acceptors (Lipinski definition) is 4. The topological polar surface area (TPSA) is 98.7 Å². The highest BCUT2D eigenvalue weighted by atomic mass is 79.9. The zero-order chi connectivity index (χ0) is 23.1. The molecule has 4 N–H and O–H groups in total. The molecule has 6 nitrogen and oxygen atoms in total. The van der Waals surface area contributed by atoms with Crippen molar-refractivity contribution < 1.29 is 19.6 Å². The second kappa shape index (κ2) is 12.0. The van der Waals surface area contributed by atoms with Gasteiger partial charge in [0.1, 0.15) is 6.04 Å². The van der Waals surface area contributed by atoms with Crippen LogP contribution in [0.5, 0.6) is 0 Å². The summed E-state index contributed by atoms with van der Waals surface area (Å²) in [7, 11) is -1.71. The summed E-state index contributed by atoms with van der Waals surface area (Å²) < 4.78 is 1.19. The Balaban J connectivity index is 2.28. The lowest BCUT2D eigenvalue weighted by Crippen LogP contribution is -2.55. The first-order chi connectivity index (χ1) is 14.6. The first kappa shape index (κ1) is 25.9. The van der Waals surface area contributed by atoms with Crippen molar-refractivity contribution in [3.05, 3.63) is 67.6 Å². The lowest BCUT2D eigenvalue weighted by Gasteiger charge is -2.24. The molecule has 0 saturated carbocycles. The number of halogens is 3. The molecule has 0 saturated heterocycles. The summed E-state index contributed by atoms with van der Waals surface area (Å²) in [6.45, 7) is 3.83. The molecule has 0 aliphatic heterocycles. The van der Waals surface area contributed by atoms with Crippen molar-refractivity contribution in [2.45, 2.75) is 38.7 Å². The van der Waals surface area contributed by atoms with E-state index in [9.17, 15) is 19.6 Å². The highest BCUT2D eigenvalue weighted by Gasteiger charge is 2.30. The molecule has 0 aromatic heterocycles. The van der Waals surface area contributed by atoms with Crippen molar-refractivity contribution in [1.29, 1.82) is 0 Å². The third-order valence-corrected chi connectivity index (χ3v) is 6.27. The molecule has 2 rings (SSSR count). The average molecular weight is 575 g/mol. The van der Waals surface area contributed by atoms with Gasteiger partial charge in [-0.3, -0.25) is 9.59 Å². The molecule has 2 aromatic rings. The Kier molecular flexibility index (Phi) is 10.0. The highest BCUT2D eigenvalue weighted by Crippen LogP contribution is 2.30. The van der Waals surface area contributed by atoms with Gasteiger partial charge in [0.25, 0.3) is 5.91 Å². The van der Waals surface area contributed by atoms with Gasteiger partial charge in [-0.1, -0.05) is 71.7 Å². The van der Waals surface area contributed by atoms with Crippen molar-refractivity contribution in [3.8, 4) is 0 Å². The summed E-state index contributed by atoms with van der Waals surface area (Å²) in [6.07, 6.45) is 0.598. The molecule has 2 amide bonds. The Hall–Kier alpha value is -1.39. The van der Waals surface area contributed by atoms with Crippen LogP contribution >= 0.6 is 43.5 Å². The number of nitrogens with one attached hydrogen (secondary N) is 2. The number of hydrogen-bond donors (Lipinski definition) is 4. The normalized spacial score (nSPS) is 12.9. The van der Waals surface area contributed by atoms with Crippen molar-refractivity contribution in [2.75, 3.05) is 0 Å². The van der Waals surface area contributed by atoms with E-state index in [0.717, 1.165) is 5.56 Å². The Morgan fingerprint density at radius 1 is 1.10 bits per heavy atom. The van der Waals surface area contributed by atoms with Crippen LogP contribution in [0.15, 0.2) is 51.4 Å². The first-order valence-corrected chi connectivity index (χ1v) is 11.7. The summed E-state index contributed by atoms with van der Waals surface area (Å²) in [5.41, 5.74) is 1.05. The number of rotatable bonds is 9. The maximum atomic E-state index is 13.0. The second-order valence-electron chi connectivity index (χ2n) is 7.62. The minimum absolute atomic E-state index is 0.132. The Morgan fingerprint density at radius 3 is 2.32 bits per heavy atom. The van der Waals surface area contributed by atoms with Gasteiger partial charge in [0, 0.05) is 15.4 Å². The number of carbonyl (C=O) groups excluding carboxylic acids is 2. The fourth-order valence-electron chi connectivity index (χ4n) is 3.06. The van der Waals surface area contributed by atoms with E-state index in [0.29, 0.717) is 15.4 Å². The van der Waals surface area contributed by atoms with Crippen molar-refractivity contribution in [2.24, 2.45) is 5.92 Å². The summed E-state index contributed by atoms with van der Waals surface area (Å²) in [4.78, 5) is 26.0. The molecule has 0 bridgehead atoms. The minimum Gasteiger partial charge on any atom is -0.426 e. The molecule has 0 aliphatic carbocycles. The molecule has 0 fully saturated rings. The van der Waals surface area contributed by atoms with Crippen LogP contribution in [0, 0.1) is 5.92 Å². The van der Waals surface area contributed by atoms with Gasteiger partial charge in [-0.2, -0.15) is 0 Å². The highest BCUT2D eigenvalue weighted by molar-refractivity contribution is 9.11. The van der Waals surface area contributed by atoms with Crippen LogP contribution in [0.3, 0.4) is 0 Å². The zero-order valence-electron chi connectivity index (χ0n) is 17.1. The van der Waals surface area contributed by atoms with E-state index < -0.39 is 30.9 Å². The van der Waals surface area contributed by atoms with Crippen LogP contribution < -0.4 is 10.6 Å². The maximum absolute atomic E-state index is 13.0. The largest absolute Gasteiger partial charge is 0.475 e. The van der Waals surface area contributed by atoms with Gasteiger partial charge in [0.15, 0.2) is 0 Å². The van der Waals surface area contributed by atoms with Crippen molar-refractivity contribution in [1.82, 2.24) is 10.6 Å². The zero-order valence-corrected chi connectivity index (χ0v) is 21.0. The molecule has 2 atom stereocenters. The smallest absolute Gasteiger partial charge is 0.426 e. The van der Waals surface area contributed by atoms with Gasteiger partial charge < -0.3 is 20.7 Å². The number of carbonyl (C=O) groups is 2. The predicted molar refractivity (Wildman–Crippen MR) is 130 cm³/mol. The molecule has 166 valence electrons. The third-order valence-electron chi connectivity index (χ3n) is 4.55. The van der Waals surface area contributed by atoms with Gasteiger partial charge >= 0.3 is 7.12 Å². The monoisotopic (exact) mass is 572 g/mol. The van der Waals surface area contributed by atoms with Crippen molar-refractivity contribution >= 4 is 62.4 Å². The van der Waals surface area contributed by atoms with E-state index in [1.807, 2.05) is 44.2 Å². The van der Waals surface area contributed by atoms with E-state index in [-0.39, 0.29) is 22.9 Å². The lowest BCUT2D eigenvalue weighted by molar-refractivity contribution is -0.123. The first-order valence-electron chi connectivity index (χ1n) is 9.74. The molecular formula is C21H24BBr2ClN2O4. The van der Waals surface area contributed by atoms with Crippen LogP contribution in [-0.2, 0) is 11.2 Å². The Morgan fingerprint density at radius 2 is 1.74 bits per heavy atom. The molecule has 0 radical (unpaired) electrons. The molecule has 31 heavy (non-hydrogen) atoms. The molecule has 0 spiro atoms. The summed E-state index contributed by atoms with van der Waals surface area (Å²) in [5.74, 6) is -1.76. The third kappa shape index (κ3) is 7.91. The van der Waals surface area contributed by atoms with Crippen LogP contribution in [0.2, 0.25) is 5.02 Å². The molecular weight excluding hydrogens is 550 g/mol. The van der Waals surface area contributed by atoms with Gasteiger partial charge in [0.05, 0.1) is 16.5 Å². The SMILES string of the molecule is CC(C)C[C@H](NC(=O)[C@H](Cc1ccccc1)NC(=O)c1cc(Br)cc(Br)c1Cl)B(O)O. The molecule has 0 heterocycles. The molecule has 10 heteroatoms. The van der Waals surface area contributed by atoms with E-state index in [1.54, 1.807) is 12.1 Å². The minimum atomic E-state index is -1.71. The fraction of sp³-hybridized carbons (Fsp3) is 0.333. The summed E-state index contributed by atoms with van der Waals surface area (Å²) in [5, 5.41) is 24.9.